The summed E-state index contributed by atoms with van der Waals surface area (Å²) in [5.74, 6) is -0.0518. The van der Waals surface area contributed by atoms with Gasteiger partial charge in [-0.2, -0.15) is 5.10 Å². The second kappa shape index (κ2) is 8.01. The Labute approximate surface area is 187 Å². The van der Waals surface area contributed by atoms with Gasteiger partial charge in [0, 0.05) is 22.2 Å². The lowest BCUT2D eigenvalue weighted by Crippen LogP contribution is -2.34. The molecule has 1 aliphatic rings. The molecule has 7 nitrogen and oxygen atoms in total. The first-order valence-corrected chi connectivity index (χ1v) is 10.8. The predicted octanol–water partition coefficient (Wildman–Crippen LogP) is 4.47. The van der Waals surface area contributed by atoms with E-state index in [1.807, 2.05) is 37.4 Å². The van der Waals surface area contributed by atoms with E-state index in [4.69, 9.17) is 4.99 Å². The monoisotopic (exact) mass is 446 g/mol. The fourth-order valence-corrected chi connectivity index (χ4v) is 4.28. The molecule has 4 aromatic rings. The average molecular weight is 447 g/mol. The smallest absolute Gasteiger partial charge is 0.255 e. The molecule has 3 N–H and O–H groups in total. The minimum atomic E-state index is -0.605. The lowest BCUT2D eigenvalue weighted by atomic mass is 9.95. The fraction of sp³-hybridized carbons (Fsp3) is 0.130. The number of aryl methyl sites for hydroxylation is 1. The van der Waals surface area contributed by atoms with Gasteiger partial charge in [-0.3, -0.25) is 14.9 Å². The minimum Gasteiger partial charge on any atom is -0.342 e. The summed E-state index contributed by atoms with van der Waals surface area (Å²) in [4.78, 5) is 22.7. The number of amides is 1. The summed E-state index contributed by atoms with van der Waals surface area (Å²) in [6.07, 6.45) is 1.70. The highest BCUT2D eigenvalue weighted by molar-refractivity contribution is 7.09. The van der Waals surface area contributed by atoms with Crippen LogP contribution in [0.1, 0.15) is 29.2 Å². The maximum atomic E-state index is 13.6. The number of carbonyl (C=O) groups excluding carboxylic acids is 1. The Hall–Kier alpha value is -3.85. The van der Waals surface area contributed by atoms with Crippen molar-refractivity contribution in [2.75, 3.05) is 5.32 Å². The number of allylic oxidation sites excluding steroid dienone is 1. The third-order valence-electron chi connectivity index (χ3n) is 5.23. The van der Waals surface area contributed by atoms with E-state index < -0.39 is 6.04 Å². The molecule has 0 saturated heterocycles. The van der Waals surface area contributed by atoms with Gasteiger partial charge in [0.1, 0.15) is 17.6 Å². The normalized spacial score (nSPS) is 16.1. The highest BCUT2D eigenvalue weighted by atomic mass is 32.1. The number of rotatable bonds is 4. The summed E-state index contributed by atoms with van der Waals surface area (Å²) in [5.41, 5.74) is 4.08. The largest absolute Gasteiger partial charge is 0.342 e. The number of benzene rings is 2. The van der Waals surface area contributed by atoms with E-state index >= 15 is 0 Å². The Morgan fingerprint density at radius 3 is 2.72 bits per heavy atom. The van der Waals surface area contributed by atoms with Gasteiger partial charge in [-0.05, 0) is 49.7 Å². The molecule has 0 saturated carbocycles. The minimum absolute atomic E-state index is 0.288. The molecule has 160 valence electrons. The number of hydrogen-bond donors (Lipinski definition) is 3. The number of aromatic amines is 1. The average Bonchev–Trinajstić information content (AvgIpc) is 3.42. The molecule has 3 heterocycles. The molecule has 2 aromatic carbocycles. The number of aromatic nitrogens is 3. The number of hydrogen-bond acceptors (Lipinski definition) is 6. The van der Waals surface area contributed by atoms with Crippen LogP contribution in [0.15, 0.2) is 70.3 Å². The Kier molecular flexibility index (Phi) is 5.02. The SMILES string of the molecule is CC1=C(C(=O)Nc2ccc3[nH]ncc3c2)C(c2ccc(F)cc2)N=C(c2csc(C)n2)N1. The first-order chi connectivity index (χ1) is 15.5. The molecule has 32 heavy (non-hydrogen) atoms. The number of aliphatic imine (C=N–C) groups is 1. The fourth-order valence-electron chi connectivity index (χ4n) is 3.68. The number of fused-ring (bicyclic) bond motifs is 1. The third-order valence-corrected chi connectivity index (χ3v) is 6.01. The number of amidine groups is 1. The quantitative estimate of drug-likeness (QED) is 0.431. The van der Waals surface area contributed by atoms with Crippen LogP contribution in [0.4, 0.5) is 10.1 Å². The van der Waals surface area contributed by atoms with E-state index in [9.17, 15) is 9.18 Å². The number of halogens is 1. The predicted molar refractivity (Wildman–Crippen MR) is 123 cm³/mol. The molecule has 1 aliphatic heterocycles. The van der Waals surface area contributed by atoms with Gasteiger partial charge in [0.2, 0.25) is 0 Å². The van der Waals surface area contributed by atoms with Crippen LogP contribution in [0.3, 0.4) is 0 Å². The zero-order valence-corrected chi connectivity index (χ0v) is 18.1. The lowest BCUT2D eigenvalue weighted by molar-refractivity contribution is -0.113. The Balaban J connectivity index is 1.52. The molecular weight excluding hydrogens is 427 g/mol. The summed E-state index contributed by atoms with van der Waals surface area (Å²) in [6, 6.07) is 11.0. The van der Waals surface area contributed by atoms with Gasteiger partial charge < -0.3 is 10.6 Å². The number of anilines is 1. The Bertz CT molecular complexity index is 1390. The number of nitrogens with one attached hydrogen (secondary N) is 3. The van der Waals surface area contributed by atoms with Crippen LogP contribution in [-0.4, -0.2) is 26.9 Å². The molecule has 9 heteroatoms. The van der Waals surface area contributed by atoms with Gasteiger partial charge in [0.25, 0.3) is 5.91 Å². The molecule has 0 radical (unpaired) electrons. The molecule has 5 rings (SSSR count). The van der Waals surface area contributed by atoms with Gasteiger partial charge in [-0.25, -0.2) is 9.37 Å². The first kappa shape index (κ1) is 20.1. The van der Waals surface area contributed by atoms with Crippen LogP contribution in [0.25, 0.3) is 10.9 Å². The molecule has 1 atom stereocenters. The number of H-pyrrole nitrogens is 1. The number of nitrogens with zero attached hydrogens (tertiary/aromatic N) is 3. The van der Waals surface area contributed by atoms with Crippen LogP contribution in [-0.2, 0) is 4.79 Å². The standard InChI is InChI=1S/C23H19FN6OS/c1-12-20(23(31)28-17-7-8-18-15(9-17)10-25-30-18)21(14-3-5-16(24)6-4-14)29-22(26-12)19-11-32-13(2)27-19/h3-11,21H,1-2H3,(H,25,30)(H,26,29)(H,28,31). The summed E-state index contributed by atoms with van der Waals surface area (Å²) >= 11 is 1.52. The highest BCUT2D eigenvalue weighted by Gasteiger charge is 2.30. The van der Waals surface area contributed by atoms with Crippen molar-refractivity contribution in [2.24, 2.45) is 4.99 Å². The second-order valence-corrected chi connectivity index (χ2v) is 8.54. The van der Waals surface area contributed by atoms with Gasteiger partial charge in [0.15, 0.2) is 5.84 Å². The highest BCUT2D eigenvalue weighted by Crippen LogP contribution is 2.33. The first-order valence-electron chi connectivity index (χ1n) is 9.96. The molecule has 1 amide bonds. The van der Waals surface area contributed by atoms with Crippen molar-refractivity contribution in [1.29, 1.82) is 0 Å². The van der Waals surface area contributed by atoms with Crippen LogP contribution in [0.2, 0.25) is 0 Å². The van der Waals surface area contributed by atoms with Crippen molar-refractivity contribution < 1.29 is 9.18 Å². The molecule has 0 spiro atoms. The molecular formula is C23H19FN6OS. The van der Waals surface area contributed by atoms with E-state index in [2.05, 4.69) is 25.8 Å². The van der Waals surface area contributed by atoms with E-state index in [0.29, 0.717) is 34.1 Å². The van der Waals surface area contributed by atoms with E-state index in [1.54, 1.807) is 18.3 Å². The summed E-state index contributed by atoms with van der Waals surface area (Å²) in [5, 5.41) is 16.8. The lowest BCUT2D eigenvalue weighted by Gasteiger charge is -2.26. The van der Waals surface area contributed by atoms with Crippen molar-refractivity contribution in [1.82, 2.24) is 20.5 Å². The maximum Gasteiger partial charge on any atom is 0.255 e. The second-order valence-electron chi connectivity index (χ2n) is 7.47. The van der Waals surface area contributed by atoms with Crippen LogP contribution in [0.5, 0.6) is 0 Å². The molecule has 0 fully saturated rings. The van der Waals surface area contributed by atoms with Gasteiger partial charge in [-0.15, -0.1) is 11.3 Å². The zero-order valence-electron chi connectivity index (χ0n) is 17.3. The van der Waals surface area contributed by atoms with Crippen molar-refractivity contribution in [3.05, 3.63) is 87.4 Å². The maximum absolute atomic E-state index is 13.6. The van der Waals surface area contributed by atoms with Gasteiger partial charge >= 0.3 is 0 Å². The van der Waals surface area contributed by atoms with Crippen molar-refractivity contribution in [2.45, 2.75) is 19.9 Å². The summed E-state index contributed by atoms with van der Waals surface area (Å²) in [7, 11) is 0. The van der Waals surface area contributed by atoms with Gasteiger partial charge in [-0.1, -0.05) is 12.1 Å². The van der Waals surface area contributed by atoms with Crippen molar-refractivity contribution >= 4 is 39.7 Å². The van der Waals surface area contributed by atoms with Crippen molar-refractivity contribution in [3.63, 3.8) is 0 Å². The Morgan fingerprint density at radius 1 is 1.16 bits per heavy atom. The molecule has 1 unspecified atom stereocenters. The van der Waals surface area contributed by atoms with Crippen molar-refractivity contribution in [3.8, 4) is 0 Å². The summed E-state index contributed by atoms with van der Waals surface area (Å²) < 4.78 is 13.6. The molecule has 0 aliphatic carbocycles. The Morgan fingerprint density at radius 2 is 1.97 bits per heavy atom. The zero-order chi connectivity index (χ0) is 22.2. The summed E-state index contributed by atoms with van der Waals surface area (Å²) in [6.45, 7) is 3.76. The molecule has 0 bridgehead atoms. The number of thiazole rings is 1. The van der Waals surface area contributed by atoms with Crippen LogP contribution in [0, 0.1) is 12.7 Å². The van der Waals surface area contributed by atoms with E-state index in [0.717, 1.165) is 15.9 Å². The van der Waals surface area contributed by atoms with Crippen LogP contribution < -0.4 is 10.6 Å². The molecule has 2 aromatic heterocycles. The third kappa shape index (κ3) is 3.78. The topological polar surface area (TPSA) is 95.1 Å². The van der Waals surface area contributed by atoms with E-state index in [1.165, 1.54) is 23.5 Å². The number of carbonyl (C=O) groups is 1. The van der Waals surface area contributed by atoms with E-state index in [-0.39, 0.29) is 11.7 Å². The van der Waals surface area contributed by atoms with Crippen LogP contribution >= 0.6 is 11.3 Å². The van der Waals surface area contributed by atoms with Gasteiger partial charge in [0.05, 0.1) is 22.3 Å².